The summed E-state index contributed by atoms with van der Waals surface area (Å²) in [4.78, 5) is 18.3. The van der Waals surface area contributed by atoms with E-state index in [1.165, 1.54) is 19.6 Å². The lowest BCUT2D eigenvalue weighted by Crippen LogP contribution is -2.03. The molecule has 0 amide bonds. The topological polar surface area (TPSA) is 52.1 Å². The fourth-order valence-corrected chi connectivity index (χ4v) is 0.917. The van der Waals surface area contributed by atoms with Crippen molar-refractivity contribution in [2.24, 2.45) is 0 Å². The Labute approximate surface area is 71.7 Å². The van der Waals surface area contributed by atoms with Gasteiger partial charge in [0.1, 0.15) is 16.5 Å². The Morgan fingerprint density at radius 2 is 2.45 bits per heavy atom. The molecule has 0 aliphatic rings. The molecule has 0 atom stereocenters. The Morgan fingerprint density at radius 3 is 3.00 bits per heavy atom. The molecule has 0 spiro atoms. The smallest absolute Gasteiger partial charge is 0.342 e. The lowest BCUT2D eigenvalue weighted by Gasteiger charge is -1.98. The SMILES string of the molecule is COC(=O)c1cncnc1Br. The second kappa shape index (κ2) is 3.43. The molecule has 0 fully saturated rings. The highest BCUT2D eigenvalue weighted by Gasteiger charge is 2.09. The van der Waals surface area contributed by atoms with Crippen LogP contribution in [0, 0.1) is 0 Å². The number of hydrogen-bond donors (Lipinski definition) is 0. The Morgan fingerprint density at radius 1 is 1.73 bits per heavy atom. The van der Waals surface area contributed by atoms with Gasteiger partial charge in [0.15, 0.2) is 0 Å². The van der Waals surface area contributed by atoms with Crippen molar-refractivity contribution in [3.8, 4) is 0 Å². The van der Waals surface area contributed by atoms with Gasteiger partial charge in [-0.25, -0.2) is 14.8 Å². The molecule has 1 rings (SSSR count). The van der Waals surface area contributed by atoms with Crippen LogP contribution in [0.3, 0.4) is 0 Å². The van der Waals surface area contributed by atoms with Crippen LogP contribution in [-0.4, -0.2) is 23.0 Å². The molecule has 0 saturated carbocycles. The minimum atomic E-state index is -0.447. The predicted octanol–water partition coefficient (Wildman–Crippen LogP) is 1.03. The van der Waals surface area contributed by atoms with Gasteiger partial charge in [-0.1, -0.05) is 0 Å². The molecule has 0 unspecified atom stereocenters. The van der Waals surface area contributed by atoms with Gasteiger partial charge in [0.25, 0.3) is 0 Å². The zero-order valence-corrected chi connectivity index (χ0v) is 7.33. The zero-order valence-electron chi connectivity index (χ0n) is 5.74. The summed E-state index contributed by atoms with van der Waals surface area (Å²) < 4.78 is 4.91. The summed E-state index contributed by atoms with van der Waals surface area (Å²) in [6, 6.07) is 0. The second-order valence-corrected chi connectivity index (χ2v) is 2.47. The highest BCUT2D eigenvalue weighted by Crippen LogP contribution is 2.11. The number of methoxy groups -OCH3 is 1. The molecule has 5 heteroatoms. The van der Waals surface area contributed by atoms with Gasteiger partial charge in [0.2, 0.25) is 0 Å². The quantitative estimate of drug-likeness (QED) is 0.520. The number of ether oxygens (including phenoxy) is 1. The highest BCUT2D eigenvalue weighted by molar-refractivity contribution is 9.10. The molecule has 0 aliphatic carbocycles. The minimum absolute atomic E-state index is 0.329. The van der Waals surface area contributed by atoms with Crippen LogP contribution in [0.2, 0.25) is 0 Å². The van der Waals surface area contributed by atoms with Crippen molar-refractivity contribution in [2.75, 3.05) is 7.11 Å². The van der Waals surface area contributed by atoms with E-state index in [-0.39, 0.29) is 0 Å². The maximum atomic E-state index is 10.9. The van der Waals surface area contributed by atoms with Gasteiger partial charge in [-0.15, -0.1) is 0 Å². The van der Waals surface area contributed by atoms with E-state index in [9.17, 15) is 4.79 Å². The van der Waals surface area contributed by atoms with Crippen LogP contribution in [0.15, 0.2) is 17.1 Å². The van der Waals surface area contributed by atoms with E-state index in [0.717, 1.165) is 0 Å². The van der Waals surface area contributed by atoms with Crippen LogP contribution in [0.4, 0.5) is 0 Å². The Bertz CT molecular complexity index is 277. The lowest BCUT2D eigenvalue weighted by molar-refractivity contribution is 0.0598. The van der Waals surface area contributed by atoms with Gasteiger partial charge in [0.05, 0.1) is 7.11 Å². The van der Waals surface area contributed by atoms with E-state index in [0.29, 0.717) is 10.2 Å². The van der Waals surface area contributed by atoms with Crippen LogP contribution < -0.4 is 0 Å². The second-order valence-electron chi connectivity index (χ2n) is 1.72. The molecule has 0 N–H and O–H groups in total. The van der Waals surface area contributed by atoms with Gasteiger partial charge < -0.3 is 4.74 Å². The molecule has 1 aromatic heterocycles. The first-order chi connectivity index (χ1) is 5.25. The number of aromatic nitrogens is 2. The summed E-state index contributed by atoms with van der Waals surface area (Å²) in [7, 11) is 1.31. The molecule has 58 valence electrons. The van der Waals surface area contributed by atoms with Gasteiger partial charge >= 0.3 is 5.97 Å². The molecule has 0 aromatic carbocycles. The van der Waals surface area contributed by atoms with Gasteiger partial charge in [-0.3, -0.25) is 0 Å². The van der Waals surface area contributed by atoms with Crippen molar-refractivity contribution < 1.29 is 9.53 Å². The lowest BCUT2D eigenvalue weighted by atomic mass is 10.3. The molecule has 0 bridgehead atoms. The Balaban J connectivity index is 3.03. The van der Waals surface area contributed by atoms with Crippen molar-refractivity contribution in [1.82, 2.24) is 9.97 Å². The summed E-state index contributed by atoms with van der Waals surface area (Å²) in [5.74, 6) is -0.447. The number of carbonyl (C=O) groups excluding carboxylic acids is 1. The van der Waals surface area contributed by atoms with Crippen LogP contribution in [0.5, 0.6) is 0 Å². The molecule has 4 nitrogen and oxygen atoms in total. The van der Waals surface area contributed by atoms with Crippen LogP contribution >= 0.6 is 15.9 Å². The largest absolute Gasteiger partial charge is 0.465 e. The van der Waals surface area contributed by atoms with Gasteiger partial charge in [-0.05, 0) is 15.9 Å². The molecular formula is C6H5BrN2O2. The van der Waals surface area contributed by atoms with Crippen LogP contribution in [-0.2, 0) is 4.74 Å². The summed E-state index contributed by atoms with van der Waals surface area (Å²) in [6.07, 6.45) is 2.74. The highest BCUT2D eigenvalue weighted by atomic mass is 79.9. The van der Waals surface area contributed by atoms with Crippen molar-refractivity contribution >= 4 is 21.9 Å². The molecule has 11 heavy (non-hydrogen) atoms. The molecule has 1 heterocycles. The average Bonchev–Trinajstić information content (AvgIpc) is 2.04. The monoisotopic (exact) mass is 216 g/mol. The summed E-state index contributed by atoms with van der Waals surface area (Å²) in [6.45, 7) is 0. The van der Waals surface area contributed by atoms with E-state index < -0.39 is 5.97 Å². The summed E-state index contributed by atoms with van der Waals surface area (Å²) in [5.41, 5.74) is 0.329. The standard InChI is InChI=1S/C6H5BrN2O2/c1-11-6(10)4-2-8-3-9-5(4)7/h2-3H,1H3. The number of halogens is 1. The number of hydrogen-bond acceptors (Lipinski definition) is 4. The maximum absolute atomic E-state index is 10.9. The van der Waals surface area contributed by atoms with Crippen molar-refractivity contribution in [3.05, 3.63) is 22.7 Å². The van der Waals surface area contributed by atoms with Crippen molar-refractivity contribution in [3.63, 3.8) is 0 Å². The number of esters is 1. The van der Waals surface area contributed by atoms with Gasteiger partial charge in [-0.2, -0.15) is 0 Å². The normalized spacial score (nSPS) is 9.27. The fourth-order valence-electron chi connectivity index (χ4n) is 0.562. The van der Waals surface area contributed by atoms with Crippen molar-refractivity contribution in [1.29, 1.82) is 0 Å². The zero-order chi connectivity index (χ0) is 8.27. The van der Waals surface area contributed by atoms with E-state index in [1.807, 2.05) is 0 Å². The maximum Gasteiger partial charge on any atom is 0.342 e. The average molecular weight is 217 g/mol. The Kier molecular flexibility index (Phi) is 2.53. The van der Waals surface area contributed by atoms with Crippen LogP contribution in [0.1, 0.15) is 10.4 Å². The fraction of sp³-hybridized carbons (Fsp3) is 0.167. The Hall–Kier alpha value is -0.970. The third kappa shape index (κ3) is 1.74. The molecular weight excluding hydrogens is 212 g/mol. The van der Waals surface area contributed by atoms with Crippen molar-refractivity contribution in [2.45, 2.75) is 0 Å². The third-order valence-electron chi connectivity index (χ3n) is 1.07. The number of nitrogens with zero attached hydrogens (tertiary/aromatic N) is 2. The van der Waals surface area contributed by atoms with E-state index >= 15 is 0 Å². The van der Waals surface area contributed by atoms with Gasteiger partial charge in [0, 0.05) is 6.20 Å². The summed E-state index contributed by atoms with van der Waals surface area (Å²) in [5, 5.41) is 0. The first kappa shape index (κ1) is 8.13. The van der Waals surface area contributed by atoms with E-state index in [1.54, 1.807) is 0 Å². The molecule has 0 aliphatic heterocycles. The predicted molar refractivity (Wildman–Crippen MR) is 41.1 cm³/mol. The first-order valence-corrected chi connectivity index (χ1v) is 3.59. The minimum Gasteiger partial charge on any atom is -0.465 e. The molecule has 1 aromatic rings. The summed E-state index contributed by atoms with van der Waals surface area (Å²) >= 11 is 3.09. The first-order valence-electron chi connectivity index (χ1n) is 2.79. The number of rotatable bonds is 1. The van der Waals surface area contributed by atoms with E-state index in [2.05, 4.69) is 30.6 Å². The molecule has 0 radical (unpaired) electrons. The van der Waals surface area contributed by atoms with E-state index in [4.69, 9.17) is 0 Å². The number of carbonyl (C=O) groups is 1. The van der Waals surface area contributed by atoms with Crippen LogP contribution in [0.25, 0.3) is 0 Å². The third-order valence-corrected chi connectivity index (χ3v) is 1.70. The molecule has 0 saturated heterocycles.